The zero-order chi connectivity index (χ0) is 19.0. The summed E-state index contributed by atoms with van der Waals surface area (Å²) in [5.74, 6) is 0.250. The van der Waals surface area contributed by atoms with Crippen LogP contribution in [0.1, 0.15) is 25.7 Å². The minimum absolute atomic E-state index is 0. The summed E-state index contributed by atoms with van der Waals surface area (Å²) >= 11 is 0. The van der Waals surface area contributed by atoms with Gasteiger partial charge in [0.1, 0.15) is 22.2 Å². The number of rotatable bonds is 9. The molecule has 1 aromatic carbocycles. The normalized spacial score (nSPS) is 16.2. The monoisotopic (exact) mass is 419 g/mol. The van der Waals surface area contributed by atoms with Crippen molar-refractivity contribution in [1.82, 2.24) is 4.90 Å². The van der Waals surface area contributed by atoms with E-state index < -0.39 is 21.8 Å². The quantitative estimate of drug-likeness (QED) is 0.631. The summed E-state index contributed by atoms with van der Waals surface area (Å²) < 4.78 is 28.0. The third-order valence-electron chi connectivity index (χ3n) is 4.38. The fourth-order valence-electron chi connectivity index (χ4n) is 2.82. The fraction of sp³-hybridized carbons (Fsp3) is 0.611. The molecule has 1 saturated heterocycles. The van der Waals surface area contributed by atoms with Gasteiger partial charge in [0.2, 0.25) is 5.91 Å². The first-order valence-corrected chi connectivity index (χ1v) is 11.1. The first kappa shape index (κ1) is 23.7. The number of carbonyl (C=O) groups excluding carboxylic acids is 1. The number of piperidine rings is 1. The standard InChI is InChI=1S/C18H29N3O4S.ClH/c1-26(23,24)14-9-17(19)18(22)20-15-5-7-16(8-6-15)25-13-12-21-10-3-2-4-11-21;/h5-8,17H,2-4,9-14,19H2,1H3,(H,20,22);1H. The summed E-state index contributed by atoms with van der Waals surface area (Å²) in [6.07, 6.45) is 5.08. The summed E-state index contributed by atoms with van der Waals surface area (Å²) in [6.45, 7) is 3.86. The van der Waals surface area contributed by atoms with Gasteiger partial charge >= 0.3 is 0 Å². The minimum atomic E-state index is -3.13. The van der Waals surface area contributed by atoms with E-state index in [0.717, 1.165) is 31.6 Å². The molecule has 1 fully saturated rings. The SMILES string of the molecule is CS(=O)(=O)CCC(N)C(=O)Nc1ccc(OCCN2CCCCC2)cc1.Cl. The molecular weight excluding hydrogens is 390 g/mol. The Hall–Kier alpha value is -1.35. The Labute approximate surface area is 168 Å². The molecule has 1 amide bonds. The highest BCUT2D eigenvalue weighted by Gasteiger charge is 2.16. The van der Waals surface area contributed by atoms with Crippen molar-refractivity contribution in [1.29, 1.82) is 0 Å². The molecule has 0 bridgehead atoms. The molecule has 1 aliphatic heterocycles. The average molecular weight is 420 g/mol. The van der Waals surface area contributed by atoms with E-state index in [0.29, 0.717) is 12.3 Å². The molecule has 0 saturated carbocycles. The lowest BCUT2D eigenvalue weighted by Gasteiger charge is -2.26. The van der Waals surface area contributed by atoms with E-state index in [-0.39, 0.29) is 24.6 Å². The predicted octanol–water partition coefficient (Wildman–Crippen LogP) is 1.67. The molecule has 2 rings (SSSR count). The zero-order valence-electron chi connectivity index (χ0n) is 15.7. The number of likely N-dealkylation sites (tertiary alicyclic amines) is 1. The van der Waals surface area contributed by atoms with Crippen molar-refractivity contribution in [3.8, 4) is 5.75 Å². The number of carbonyl (C=O) groups is 1. The number of anilines is 1. The number of sulfone groups is 1. The first-order valence-electron chi connectivity index (χ1n) is 9.03. The van der Waals surface area contributed by atoms with Crippen LogP contribution < -0.4 is 15.8 Å². The van der Waals surface area contributed by atoms with Crippen molar-refractivity contribution in [3.63, 3.8) is 0 Å². The number of amides is 1. The van der Waals surface area contributed by atoms with Crippen LogP contribution in [0.15, 0.2) is 24.3 Å². The number of halogens is 1. The summed E-state index contributed by atoms with van der Waals surface area (Å²) in [6, 6.07) is 6.24. The molecule has 1 heterocycles. The van der Waals surface area contributed by atoms with E-state index in [1.807, 2.05) is 0 Å². The highest BCUT2D eigenvalue weighted by Crippen LogP contribution is 2.16. The molecule has 9 heteroatoms. The number of nitrogens with one attached hydrogen (secondary N) is 1. The molecule has 0 spiro atoms. The topological polar surface area (TPSA) is 102 Å². The number of hydrogen-bond acceptors (Lipinski definition) is 6. The third kappa shape index (κ3) is 9.41. The van der Waals surface area contributed by atoms with Crippen LogP contribution >= 0.6 is 12.4 Å². The Bertz CT molecular complexity index is 676. The largest absolute Gasteiger partial charge is 0.492 e. The van der Waals surface area contributed by atoms with E-state index in [9.17, 15) is 13.2 Å². The lowest BCUT2D eigenvalue weighted by atomic mass is 10.1. The second-order valence-electron chi connectivity index (χ2n) is 6.79. The van der Waals surface area contributed by atoms with Crippen LogP contribution in [0.3, 0.4) is 0 Å². The zero-order valence-corrected chi connectivity index (χ0v) is 17.4. The number of nitrogens with zero attached hydrogens (tertiary/aromatic N) is 1. The van der Waals surface area contributed by atoms with Gasteiger partial charge in [0.15, 0.2) is 0 Å². The maximum Gasteiger partial charge on any atom is 0.241 e. The second-order valence-corrected chi connectivity index (χ2v) is 9.05. The molecule has 0 aromatic heterocycles. The van der Waals surface area contributed by atoms with Gasteiger partial charge in [0.05, 0.1) is 11.8 Å². The molecule has 3 N–H and O–H groups in total. The van der Waals surface area contributed by atoms with Crippen LogP contribution in [0, 0.1) is 0 Å². The minimum Gasteiger partial charge on any atom is -0.492 e. The Morgan fingerprint density at radius 3 is 2.44 bits per heavy atom. The smallest absolute Gasteiger partial charge is 0.241 e. The highest BCUT2D eigenvalue weighted by atomic mass is 35.5. The van der Waals surface area contributed by atoms with Crippen molar-refractivity contribution in [2.75, 3.05) is 43.6 Å². The number of benzene rings is 1. The highest BCUT2D eigenvalue weighted by molar-refractivity contribution is 7.90. The fourth-order valence-corrected chi connectivity index (χ4v) is 3.50. The Balaban J connectivity index is 0.00000364. The summed E-state index contributed by atoms with van der Waals surface area (Å²) in [5.41, 5.74) is 6.34. The average Bonchev–Trinajstić information content (AvgIpc) is 2.61. The molecule has 27 heavy (non-hydrogen) atoms. The van der Waals surface area contributed by atoms with Gasteiger partial charge in [-0.15, -0.1) is 12.4 Å². The lowest BCUT2D eigenvalue weighted by molar-refractivity contribution is -0.117. The van der Waals surface area contributed by atoms with Crippen LogP contribution in [0.25, 0.3) is 0 Å². The molecule has 1 unspecified atom stereocenters. The van der Waals surface area contributed by atoms with Gasteiger partial charge in [-0.05, 0) is 56.6 Å². The lowest BCUT2D eigenvalue weighted by Crippen LogP contribution is -2.37. The second kappa shape index (κ2) is 11.5. The maximum atomic E-state index is 12.0. The van der Waals surface area contributed by atoms with Crippen molar-refractivity contribution in [3.05, 3.63) is 24.3 Å². The van der Waals surface area contributed by atoms with Gasteiger partial charge < -0.3 is 15.8 Å². The molecule has 0 aliphatic carbocycles. The van der Waals surface area contributed by atoms with Crippen LogP contribution in [0.5, 0.6) is 5.75 Å². The molecule has 154 valence electrons. The van der Waals surface area contributed by atoms with Gasteiger partial charge in [-0.25, -0.2) is 8.42 Å². The summed E-state index contributed by atoms with van der Waals surface area (Å²) in [4.78, 5) is 14.4. The van der Waals surface area contributed by atoms with E-state index >= 15 is 0 Å². The van der Waals surface area contributed by atoms with Gasteiger partial charge in [0, 0.05) is 18.5 Å². The molecule has 7 nitrogen and oxygen atoms in total. The Morgan fingerprint density at radius 1 is 1.22 bits per heavy atom. The molecule has 1 aliphatic rings. The van der Waals surface area contributed by atoms with Crippen molar-refractivity contribution >= 4 is 33.8 Å². The first-order chi connectivity index (χ1) is 12.3. The van der Waals surface area contributed by atoms with Gasteiger partial charge in [0.25, 0.3) is 0 Å². The summed E-state index contributed by atoms with van der Waals surface area (Å²) in [7, 11) is -3.13. The number of hydrogen-bond donors (Lipinski definition) is 2. The van der Waals surface area contributed by atoms with E-state index in [4.69, 9.17) is 10.5 Å². The Kier molecular flexibility index (Phi) is 10.1. The molecular formula is C18H30ClN3O4S. The van der Waals surface area contributed by atoms with E-state index in [2.05, 4.69) is 10.2 Å². The molecule has 0 radical (unpaired) electrons. The van der Waals surface area contributed by atoms with E-state index in [1.165, 1.54) is 19.3 Å². The van der Waals surface area contributed by atoms with Crippen molar-refractivity contribution in [2.45, 2.75) is 31.7 Å². The van der Waals surface area contributed by atoms with Gasteiger partial charge in [-0.2, -0.15) is 0 Å². The third-order valence-corrected chi connectivity index (χ3v) is 5.36. The number of ether oxygens (including phenoxy) is 1. The number of nitrogens with two attached hydrogens (primary N) is 1. The van der Waals surface area contributed by atoms with Gasteiger partial charge in [-0.1, -0.05) is 6.42 Å². The van der Waals surface area contributed by atoms with Crippen molar-refractivity contribution in [2.24, 2.45) is 5.73 Å². The predicted molar refractivity (Wildman–Crippen MR) is 110 cm³/mol. The van der Waals surface area contributed by atoms with Crippen LogP contribution in [0.4, 0.5) is 5.69 Å². The molecule has 1 aromatic rings. The van der Waals surface area contributed by atoms with Crippen LogP contribution in [-0.4, -0.2) is 63.5 Å². The van der Waals surface area contributed by atoms with Crippen LogP contribution in [0.2, 0.25) is 0 Å². The van der Waals surface area contributed by atoms with E-state index in [1.54, 1.807) is 24.3 Å². The molecule has 1 atom stereocenters. The maximum absolute atomic E-state index is 12.0. The van der Waals surface area contributed by atoms with Crippen molar-refractivity contribution < 1.29 is 17.9 Å². The summed E-state index contributed by atoms with van der Waals surface area (Å²) in [5, 5.41) is 2.69. The Morgan fingerprint density at radius 2 is 1.85 bits per heavy atom. The van der Waals surface area contributed by atoms with Gasteiger partial charge in [-0.3, -0.25) is 9.69 Å². The van der Waals surface area contributed by atoms with Crippen LogP contribution in [-0.2, 0) is 14.6 Å².